The summed E-state index contributed by atoms with van der Waals surface area (Å²) < 4.78 is 0. The zero-order chi connectivity index (χ0) is 11.8. The Morgan fingerprint density at radius 1 is 1.47 bits per heavy atom. The number of carbonyl (C=O) groups is 2. The number of hydrogen-bond acceptors (Lipinski definition) is 3. The van der Waals surface area contributed by atoms with E-state index in [1.54, 1.807) is 14.0 Å². The number of nitrogens with one attached hydrogen (secondary N) is 1. The van der Waals surface area contributed by atoms with Crippen LogP contribution in [-0.2, 0) is 9.59 Å². The van der Waals surface area contributed by atoms with Gasteiger partial charge < -0.3 is 16.0 Å². The molecule has 0 saturated heterocycles. The quantitative estimate of drug-likeness (QED) is 0.612. The molecule has 0 aliphatic heterocycles. The van der Waals surface area contributed by atoms with Crippen molar-refractivity contribution < 1.29 is 9.59 Å². The van der Waals surface area contributed by atoms with Crippen molar-refractivity contribution in [3.63, 3.8) is 0 Å². The second kappa shape index (κ2) is 7.23. The van der Waals surface area contributed by atoms with Gasteiger partial charge in [-0.2, -0.15) is 0 Å². The van der Waals surface area contributed by atoms with Gasteiger partial charge in [0.25, 0.3) is 0 Å². The second-order valence-corrected chi connectivity index (χ2v) is 3.59. The first-order valence-electron chi connectivity index (χ1n) is 5.27. The van der Waals surface area contributed by atoms with E-state index in [-0.39, 0.29) is 18.5 Å². The standard InChI is InChI=1S/C10H21N3O2/c1-4-5-6-13(7-9(11)14)10(15)8(2)12-3/h8,12H,4-7H2,1-3H3,(H2,11,14). The number of likely N-dealkylation sites (N-methyl/N-ethyl adjacent to an activating group) is 1. The fourth-order valence-electron chi connectivity index (χ4n) is 1.20. The van der Waals surface area contributed by atoms with Crippen LogP contribution in [0.25, 0.3) is 0 Å². The van der Waals surface area contributed by atoms with E-state index >= 15 is 0 Å². The summed E-state index contributed by atoms with van der Waals surface area (Å²) in [7, 11) is 1.71. The maximum Gasteiger partial charge on any atom is 0.239 e. The van der Waals surface area contributed by atoms with E-state index in [0.29, 0.717) is 6.54 Å². The molecule has 1 unspecified atom stereocenters. The van der Waals surface area contributed by atoms with Gasteiger partial charge >= 0.3 is 0 Å². The minimum absolute atomic E-state index is 0.00481. The van der Waals surface area contributed by atoms with Crippen LogP contribution in [0.2, 0.25) is 0 Å². The Bertz CT molecular complexity index is 219. The highest BCUT2D eigenvalue weighted by Crippen LogP contribution is 1.98. The molecular weight excluding hydrogens is 194 g/mol. The van der Waals surface area contributed by atoms with Crippen LogP contribution in [0.1, 0.15) is 26.7 Å². The largest absolute Gasteiger partial charge is 0.368 e. The van der Waals surface area contributed by atoms with Crippen molar-refractivity contribution >= 4 is 11.8 Å². The fraction of sp³-hybridized carbons (Fsp3) is 0.800. The first-order chi connectivity index (χ1) is 7.02. The summed E-state index contributed by atoms with van der Waals surface area (Å²) in [5, 5.41) is 2.85. The number of hydrogen-bond donors (Lipinski definition) is 2. The van der Waals surface area contributed by atoms with Crippen molar-refractivity contribution in [1.29, 1.82) is 0 Å². The lowest BCUT2D eigenvalue weighted by Crippen LogP contribution is -2.47. The van der Waals surface area contributed by atoms with Gasteiger partial charge in [0.2, 0.25) is 11.8 Å². The van der Waals surface area contributed by atoms with E-state index in [2.05, 4.69) is 5.32 Å². The molecule has 3 N–H and O–H groups in total. The Kier molecular flexibility index (Phi) is 6.70. The fourth-order valence-corrected chi connectivity index (χ4v) is 1.20. The molecule has 88 valence electrons. The smallest absolute Gasteiger partial charge is 0.239 e. The summed E-state index contributed by atoms with van der Waals surface area (Å²) >= 11 is 0. The van der Waals surface area contributed by atoms with Crippen molar-refractivity contribution in [2.75, 3.05) is 20.1 Å². The van der Waals surface area contributed by atoms with Crippen LogP contribution < -0.4 is 11.1 Å². The topological polar surface area (TPSA) is 75.4 Å². The molecule has 15 heavy (non-hydrogen) atoms. The second-order valence-electron chi connectivity index (χ2n) is 3.59. The van der Waals surface area contributed by atoms with E-state index in [9.17, 15) is 9.59 Å². The molecule has 0 fully saturated rings. The molecule has 0 heterocycles. The average molecular weight is 215 g/mol. The summed E-state index contributed by atoms with van der Waals surface area (Å²) in [5.74, 6) is -0.549. The molecule has 0 aromatic carbocycles. The van der Waals surface area contributed by atoms with Crippen LogP contribution in [0.5, 0.6) is 0 Å². The third kappa shape index (κ3) is 5.37. The first-order valence-corrected chi connectivity index (χ1v) is 5.27. The monoisotopic (exact) mass is 215 g/mol. The van der Waals surface area contributed by atoms with Crippen LogP contribution in [0, 0.1) is 0 Å². The van der Waals surface area contributed by atoms with Crippen molar-refractivity contribution in [3.8, 4) is 0 Å². The van der Waals surface area contributed by atoms with Gasteiger partial charge in [-0.05, 0) is 20.4 Å². The molecule has 2 amide bonds. The zero-order valence-corrected chi connectivity index (χ0v) is 9.75. The number of rotatable bonds is 7. The number of nitrogens with two attached hydrogens (primary N) is 1. The highest BCUT2D eigenvalue weighted by Gasteiger charge is 2.19. The van der Waals surface area contributed by atoms with Gasteiger partial charge in [-0.15, -0.1) is 0 Å². The summed E-state index contributed by atoms with van der Waals surface area (Å²) in [6.45, 7) is 4.39. The Morgan fingerprint density at radius 2 is 2.07 bits per heavy atom. The number of nitrogens with zero attached hydrogens (tertiary/aromatic N) is 1. The van der Waals surface area contributed by atoms with Gasteiger partial charge in [0.05, 0.1) is 12.6 Å². The molecule has 0 aliphatic rings. The number of primary amides is 1. The Hall–Kier alpha value is -1.10. The van der Waals surface area contributed by atoms with E-state index in [0.717, 1.165) is 12.8 Å². The lowest BCUT2D eigenvalue weighted by atomic mass is 10.2. The molecule has 0 aromatic heterocycles. The summed E-state index contributed by atoms with van der Waals surface area (Å²) in [4.78, 5) is 24.1. The van der Waals surface area contributed by atoms with E-state index in [1.165, 1.54) is 4.90 Å². The van der Waals surface area contributed by atoms with E-state index < -0.39 is 5.91 Å². The summed E-state index contributed by atoms with van der Waals surface area (Å²) in [6.07, 6.45) is 1.87. The number of unbranched alkanes of at least 4 members (excludes halogenated alkanes) is 1. The van der Waals surface area contributed by atoms with Gasteiger partial charge in [-0.1, -0.05) is 13.3 Å². The molecule has 0 spiro atoms. The highest BCUT2D eigenvalue weighted by atomic mass is 16.2. The molecule has 0 saturated carbocycles. The maximum absolute atomic E-state index is 11.8. The number of amides is 2. The van der Waals surface area contributed by atoms with Gasteiger partial charge in [0.1, 0.15) is 0 Å². The van der Waals surface area contributed by atoms with Crippen molar-refractivity contribution in [2.45, 2.75) is 32.7 Å². The molecule has 5 heteroatoms. The van der Waals surface area contributed by atoms with Gasteiger partial charge in [-0.3, -0.25) is 9.59 Å². The third-order valence-corrected chi connectivity index (χ3v) is 2.24. The van der Waals surface area contributed by atoms with E-state index in [1.807, 2.05) is 6.92 Å². The Labute approximate surface area is 91.0 Å². The average Bonchev–Trinajstić information content (AvgIpc) is 2.21. The minimum atomic E-state index is -0.470. The Morgan fingerprint density at radius 3 is 2.47 bits per heavy atom. The van der Waals surface area contributed by atoms with Crippen molar-refractivity contribution in [1.82, 2.24) is 10.2 Å². The van der Waals surface area contributed by atoms with Gasteiger partial charge in [0.15, 0.2) is 0 Å². The maximum atomic E-state index is 11.8. The highest BCUT2D eigenvalue weighted by molar-refractivity contribution is 5.86. The Balaban J connectivity index is 4.32. The molecular formula is C10H21N3O2. The number of carbonyl (C=O) groups excluding carboxylic acids is 2. The normalized spacial score (nSPS) is 12.2. The molecule has 0 aliphatic carbocycles. The third-order valence-electron chi connectivity index (χ3n) is 2.24. The first kappa shape index (κ1) is 13.9. The summed E-state index contributed by atoms with van der Waals surface area (Å²) in [5.41, 5.74) is 5.09. The van der Waals surface area contributed by atoms with Crippen LogP contribution >= 0.6 is 0 Å². The van der Waals surface area contributed by atoms with Crippen LogP contribution in [0.15, 0.2) is 0 Å². The van der Waals surface area contributed by atoms with Crippen molar-refractivity contribution in [3.05, 3.63) is 0 Å². The molecule has 0 rings (SSSR count). The molecule has 0 radical (unpaired) electrons. The minimum Gasteiger partial charge on any atom is -0.368 e. The lowest BCUT2D eigenvalue weighted by molar-refractivity contribution is -0.136. The molecule has 0 aromatic rings. The van der Waals surface area contributed by atoms with Gasteiger partial charge in [0, 0.05) is 6.54 Å². The predicted octanol–water partition coefficient (Wildman–Crippen LogP) is -0.292. The van der Waals surface area contributed by atoms with Crippen LogP contribution in [0.3, 0.4) is 0 Å². The van der Waals surface area contributed by atoms with E-state index in [4.69, 9.17) is 5.73 Å². The van der Waals surface area contributed by atoms with Crippen LogP contribution in [-0.4, -0.2) is 42.9 Å². The predicted molar refractivity (Wildman–Crippen MR) is 59.2 cm³/mol. The molecule has 1 atom stereocenters. The molecule has 5 nitrogen and oxygen atoms in total. The molecule has 0 bridgehead atoms. The summed E-state index contributed by atoms with van der Waals surface area (Å²) in [6, 6.07) is -0.277. The zero-order valence-electron chi connectivity index (χ0n) is 9.75. The lowest BCUT2D eigenvalue weighted by Gasteiger charge is -2.24. The van der Waals surface area contributed by atoms with Gasteiger partial charge in [-0.25, -0.2) is 0 Å². The SMILES string of the molecule is CCCCN(CC(N)=O)C(=O)C(C)NC. The van der Waals surface area contributed by atoms with Crippen LogP contribution in [0.4, 0.5) is 0 Å². The van der Waals surface area contributed by atoms with Crippen molar-refractivity contribution in [2.24, 2.45) is 5.73 Å².